The van der Waals surface area contributed by atoms with Gasteiger partial charge in [0.15, 0.2) is 5.96 Å². The predicted molar refractivity (Wildman–Crippen MR) is 133 cm³/mol. The molecule has 3 rings (SSSR count). The van der Waals surface area contributed by atoms with Crippen LogP contribution in [0.4, 0.5) is 5.95 Å². The first kappa shape index (κ1) is 23.8. The number of hydrogen-bond acceptors (Lipinski definition) is 6. The number of aromatic nitrogens is 2. The molecule has 0 unspecified atom stereocenters. The van der Waals surface area contributed by atoms with Crippen molar-refractivity contribution in [3.8, 4) is 0 Å². The molecule has 2 aromatic heterocycles. The smallest absolute Gasteiger partial charge is 0.225 e. The fourth-order valence-corrected chi connectivity index (χ4v) is 3.92. The number of aliphatic imine (C=N–C) groups is 1. The summed E-state index contributed by atoms with van der Waals surface area (Å²) >= 11 is 1.81. The topological polar surface area (TPSA) is 68.7 Å². The Bertz CT molecular complexity index is 688. The molecule has 160 valence electrons. The average molecular weight is 529 g/mol. The van der Waals surface area contributed by atoms with Crippen molar-refractivity contribution in [3.05, 3.63) is 40.8 Å². The highest BCUT2D eigenvalue weighted by molar-refractivity contribution is 14.0. The van der Waals surface area contributed by atoms with Crippen LogP contribution >= 0.6 is 35.3 Å². The molecule has 9 heteroatoms. The Hall–Kier alpha value is -1.46. The van der Waals surface area contributed by atoms with Crippen molar-refractivity contribution >= 4 is 47.2 Å². The molecule has 3 heterocycles. The van der Waals surface area contributed by atoms with E-state index in [-0.39, 0.29) is 24.0 Å². The van der Waals surface area contributed by atoms with Crippen LogP contribution in [0.2, 0.25) is 0 Å². The van der Waals surface area contributed by atoms with E-state index in [2.05, 4.69) is 54.8 Å². The van der Waals surface area contributed by atoms with E-state index in [1.807, 2.05) is 18.5 Å². The van der Waals surface area contributed by atoms with E-state index in [9.17, 15) is 0 Å². The molecule has 0 spiro atoms. The summed E-state index contributed by atoms with van der Waals surface area (Å²) < 4.78 is 0. The summed E-state index contributed by atoms with van der Waals surface area (Å²) in [5.74, 6) is 1.76. The van der Waals surface area contributed by atoms with Crippen LogP contribution in [0.3, 0.4) is 0 Å². The number of thiophene rings is 1. The van der Waals surface area contributed by atoms with Crippen molar-refractivity contribution in [3.63, 3.8) is 0 Å². The number of nitrogens with one attached hydrogen (secondary N) is 2. The normalized spacial score (nSPS) is 15.1. The van der Waals surface area contributed by atoms with E-state index in [4.69, 9.17) is 4.99 Å². The summed E-state index contributed by atoms with van der Waals surface area (Å²) in [5.41, 5.74) is 0. The van der Waals surface area contributed by atoms with Crippen molar-refractivity contribution in [1.29, 1.82) is 0 Å². The number of anilines is 1. The lowest BCUT2D eigenvalue weighted by Crippen LogP contribution is -2.47. The molecule has 0 saturated carbocycles. The molecule has 1 aliphatic rings. The number of rotatable bonds is 9. The Kier molecular flexibility index (Phi) is 11.3. The molecule has 0 bridgehead atoms. The summed E-state index contributed by atoms with van der Waals surface area (Å²) in [7, 11) is 0. The van der Waals surface area contributed by atoms with E-state index >= 15 is 0 Å². The van der Waals surface area contributed by atoms with E-state index < -0.39 is 0 Å². The SMILES string of the molecule is CCNC(=NCCCN1CCN(c2ncccn2)CC1)NCCc1cccs1.I. The molecule has 0 atom stereocenters. The lowest BCUT2D eigenvalue weighted by molar-refractivity contribution is 0.255. The van der Waals surface area contributed by atoms with Gasteiger partial charge in [-0.1, -0.05) is 6.07 Å². The zero-order valence-electron chi connectivity index (χ0n) is 17.1. The van der Waals surface area contributed by atoms with E-state index in [0.717, 1.165) is 77.1 Å². The molecule has 0 aliphatic carbocycles. The van der Waals surface area contributed by atoms with Gasteiger partial charge in [0.1, 0.15) is 0 Å². The monoisotopic (exact) mass is 529 g/mol. The molecule has 29 heavy (non-hydrogen) atoms. The van der Waals surface area contributed by atoms with Crippen molar-refractivity contribution in [2.45, 2.75) is 19.8 Å². The minimum Gasteiger partial charge on any atom is -0.357 e. The van der Waals surface area contributed by atoms with E-state index in [1.165, 1.54) is 4.88 Å². The molecule has 0 radical (unpaired) electrons. The Labute approximate surface area is 195 Å². The molecule has 1 aliphatic heterocycles. The molecule has 1 saturated heterocycles. The van der Waals surface area contributed by atoms with Crippen LogP contribution in [-0.2, 0) is 6.42 Å². The number of hydrogen-bond donors (Lipinski definition) is 2. The minimum absolute atomic E-state index is 0. The van der Waals surface area contributed by atoms with Crippen LogP contribution in [0, 0.1) is 0 Å². The van der Waals surface area contributed by atoms with Gasteiger partial charge in [-0.25, -0.2) is 9.97 Å². The largest absolute Gasteiger partial charge is 0.357 e. The summed E-state index contributed by atoms with van der Waals surface area (Å²) in [6, 6.07) is 6.14. The molecule has 0 amide bonds. The van der Waals surface area contributed by atoms with Crippen molar-refractivity contribution < 1.29 is 0 Å². The van der Waals surface area contributed by atoms with Crippen molar-refractivity contribution in [1.82, 2.24) is 25.5 Å². The highest BCUT2D eigenvalue weighted by atomic mass is 127. The van der Waals surface area contributed by atoms with Gasteiger partial charge in [-0.2, -0.15) is 0 Å². The quantitative estimate of drug-likeness (QED) is 0.225. The molecular weight excluding hydrogens is 497 g/mol. The van der Waals surface area contributed by atoms with Gasteiger partial charge in [0.2, 0.25) is 5.95 Å². The second-order valence-corrected chi connectivity index (χ2v) is 7.78. The number of piperazine rings is 1. The van der Waals surface area contributed by atoms with E-state index in [0.29, 0.717) is 0 Å². The predicted octanol–water partition coefficient (Wildman–Crippen LogP) is 2.47. The van der Waals surface area contributed by atoms with Gasteiger partial charge in [-0.05, 0) is 37.3 Å². The highest BCUT2D eigenvalue weighted by Gasteiger charge is 2.18. The van der Waals surface area contributed by atoms with Gasteiger partial charge in [0.05, 0.1) is 0 Å². The molecule has 2 aromatic rings. The van der Waals surface area contributed by atoms with Crippen LogP contribution in [0.5, 0.6) is 0 Å². The molecule has 7 nitrogen and oxygen atoms in total. The summed E-state index contributed by atoms with van der Waals surface area (Å²) in [5, 5.41) is 8.89. The van der Waals surface area contributed by atoms with Crippen LogP contribution in [0.1, 0.15) is 18.2 Å². The van der Waals surface area contributed by atoms with Crippen LogP contribution in [0.25, 0.3) is 0 Å². The van der Waals surface area contributed by atoms with Crippen LogP contribution < -0.4 is 15.5 Å². The maximum atomic E-state index is 4.72. The Balaban J connectivity index is 0.00000300. The first-order valence-electron chi connectivity index (χ1n) is 10.1. The maximum Gasteiger partial charge on any atom is 0.225 e. The first-order valence-corrected chi connectivity index (χ1v) is 11.0. The maximum absolute atomic E-state index is 4.72. The third kappa shape index (κ3) is 8.43. The lowest BCUT2D eigenvalue weighted by atomic mass is 10.3. The van der Waals surface area contributed by atoms with Crippen LogP contribution in [-0.4, -0.2) is 73.2 Å². The molecular formula is C20H32IN7S. The zero-order valence-corrected chi connectivity index (χ0v) is 20.2. The molecule has 2 N–H and O–H groups in total. The first-order chi connectivity index (χ1) is 13.8. The number of guanidine groups is 1. The fourth-order valence-electron chi connectivity index (χ4n) is 3.21. The third-order valence-corrected chi connectivity index (χ3v) is 5.63. The van der Waals surface area contributed by atoms with Crippen molar-refractivity contribution in [2.75, 3.05) is 57.3 Å². The third-order valence-electron chi connectivity index (χ3n) is 4.70. The summed E-state index contributed by atoms with van der Waals surface area (Å²) in [4.78, 5) is 19.6. The number of nitrogens with zero attached hydrogens (tertiary/aromatic N) is 5. The van der Waals surface area contributed by atoms with Gasteiger partial charge >= 0.3 is 0 Å². The standard InChI is InChI=1S/C20H31N7S.HI/c1-2-21-19(23-11-7-18-6-3-17-28-18)22-10-5-12-26-13-15-27(16-14-26)20-24-8-4-9-25-20;/h3-4,6,8-9,17H,2,5,7,10-16H2,1H3,(H2,21,22,23);1H. The van der Waals surface area contributed by atoms with Gasteiger partial charge in [-0.3, -0.25) is 9.89 Å². The molecule has 0 aromatic carbocycles. The Morgan fingerprint density at radius 2 is 1.93 bits per heavy atom. The highest BCUT2D eigenvalue weighted by Crippen LogP contribution is 2.10. The average Bonchev–Trinajstić information content (AvgIpc) is 3.26. The van der Waals surface area contributed by atoms with Gasteiger partial charge in [0.25, 0.3) is 0 Å². The lowest BCUT2D eigenvalue weighted by Gasteiger charge is -2.34. The van der Waals surface area contributed by atoms with E-state index in [1.54, 1.807) is 11.3 Å². The van der Waals surface area contributed by atoms with Crippen LogP contribution in [0.15, 0.2) is 41.0 Å². The van der Waals surface area contributed by atoms with Gasteiger partial charge in [-0.15, -0.1) is 35.3 Å². The second kappa shape index (κ2) is 13.7. The summed E-state index contributed by atoms with van der Waals surface area (Å²) in [6.45, 7) is 9.91. The summed E-state index contributed by atoms with van der Waals surface area (Å²) in [6.07, 6.45) is 5.73. The van der Waals surface area contributed by atoms with Gasteiger partial charge < -0.3 is 15.5 Å². The Morgan fingerprint density at radius 1 is 1.14 bits per heavy atom. The van der Waals surface area contributed by atoms with Crippen molar-refractivity contribution in [2.24, 2.45) is 4.99 Å². The minimum atomic E-state index is 0. The second-order valence-electron chi connectivity index (χ2n) is 6.75. The van der Waals surface area contributed by atoms with Gasteiger partial charge in [0, 0.05) is 69.6 Å². The molecule has 1 fully saturated rings. The Morgan fingerprint density at radius 3 is 2.62 bits per heavy atom. The zero-order chi connectivity index (χ0) is 19.4. The fraction of sp³-hybridized carbons (Fsp3) is 0.550. The number of halogens is 1.